The van der Waals surface area contributed by atoms with Crippen molar-refractivity contribution >= 4 is 0 Å². The highest BCUT2D eigenvalue weighted by atomic mass is 19.1. The number of nitrogens with zero attached hydrogens (tertiary/aromatic N) is 2. The van der Waals surface area contributed by atoms with E-state index in [0.717, 1.165) is 5.56 Å². The third-order valence-electron chi connectivity index (χ3n) is 2.82. The molecule has 0 bridgehead atoms. The maximum atomic E-state index is 13.8. The van der Waals surface area contributed by atoms with Crippen molar-refractivity contribution < 1.29 is 13.7 Å². The molecule has 108 valence electrons. The fourth-order valence-electron chi connectivity index (χ4n) is 1.62. The normalized spacial score (nSPS) is 12.7. The smallest absolute Gasteiger partial charge is 0.229 e. The van der Waals surface area contributed by atoms with Crippen molar-refractivity contribution in [3.8, 4) is 5.75 Å². The lowest BCUT2D eigenvalue weighted by molar-refractivity contribution is 0.272. The van der Waals surface area contributed by atoms with Crippen molar-refractivity contribution in [2.75, 3.05) is 0 Å². The van der Waals surface area contributed by atoms with Crippen LogP contribution in [-0.4, -0.2) is 10.1 Å². The van der Waals surface area contributed by atoms with Crippen LogP contribution in [0.15, 0.2) is 22.7 Å². The second-order valence-corrected chi connectivity index (χ2v) is 4.97. The zero-order chi connectivity index (χ0) is 14.7. The van der Waals surface area contributed by atoms with Gasteiger partial charge >= 0.3 is 0 Å². The molecule has 20 heavy (non-hydrogen) atoms. The van der Waals surface area contributed by atoms with E-state index in [0.29, 0.717) is 11.7 Å². The Balaban J connectivity index is 2.03. The van der Waals surface area contributed by atoms with Gasteiger partial charge < -0.3 is 15.0 Å². The van der Waals surface area contributed by atoms with E-state index < -0.39 is 5.82 Å². The first-order valence-corrected chi connectivity index (χ1v) is 6.47. The molecule has 2 aromatic rings. The molecule has 0 amide bonds. The number of benzene rings is 1. The van der Waals surface area contributed by atoms with Gasteiger partial charge in [0, 0.05) is 12.0 Å². The van der Waals surface area contributed by atoms with Crippen LogP contribution in [-0.2, 0) is 6.61 Å². The van der Waals surface area contributed by atoms with E-state index in [1.54, 1.807) is 19.1 Å². The Hall–Kier alpha value is -1.95. The second kappa shape index (κ2) is 6.00. The van der Waals surface area contributed by atoms with Gasteiger partial charge in [0.2, 0.25) is 11.7 Å². The first-order valence-electron chi connectivity index (χ1n) is 6.47. The predicted molar refractivity (Wildman–Crippen MR) is 71.7 cm³/mol. The molecule has 0 fully saturated rings. The molecule has 1 heterocycles. The molecular weight excluding hydrogens is 261 g/mol. The molecular formula is C14H18FN3O2. The topological polar surface area (TPSA) is 74.2 Å². The molecule has 0 aliphatic carbocycles. The van der Waals surface area contributed by atoms with Crippen LogP contribution in [0.3, 0.4) is 0 Å². The number of hydrogen-bond acceptors (Lipinski definition) is 5. The number of aromatic nitrogens is 2. The molecule has 1 aromatic heterocycles. The maximum Gasteiger partial charge on any atom is 0.229 e. The summed E-state index contributed by atoms with van der Waals surface area (Å²) in [6, 6.07) is 4.44. The molecule has 0 spiro atoms. The average Bonchev–Trinajstić information content (AvgIpc) is 2.86. The van der Waals surface area contributed by atoms with Crippen molar-refractivity contribution in [3.05, 3.63) is 41.3 Å². The fourth-order valence-corrected chi connectivity index (χ4v) is 1.62. The number of halogens is 1. The Kier molecular flexibility index (Phi) is 4.34. The Morgan fingerprint density at radius 2 is 2.10 bits per heavy atom. The first-order chi connectivity index (χ1) is 9.47. The third-order valence-corrected chi connectivity index (χ3v) is 2.82. The zero-order valence-corrected chi connectivity index (χ0v) is 11.8. The Morgan fingerprint density at radius 3 is 2.65 bits per heavy atom. The van der Waals surface area contributed by atoms with Crippen LogP contribution in [0.1, 0.15) is 50.0 Å². The first kappa shape index (κ1) is 14.5. The van der Waals surface area contributed by atoms with E-state index in [9.17, 15) is 4.39 Å². The molecule has 5 nitrogen and oxygen atoms in total. The molecule has 0 saturated heterocycles. The molecule has 1 aromatic carbocycles. The Morgan fingerprint density at radius 1 is 1.35 bits per heavy atom. The van der Waals surface area contributed by atoms with Gasteiger partial charge in [0.15, 0.2) is 18.2 Å². The summed E-state index contributed by atoms with van der Waals surface area (Å²) in [7, 11) is 0. The minimum absolute atomic E-state index is 0.0602. The lowest BCUT2D eigenvalue weighted by Gasteiger charge is -2.09. The van der Waals surface area contributed by atoms with Crippen molar-refractivity contribution in [1.82, 2.24) is 10.1 Å². The van der Waals surface area contributed by atoms with Gasteiger partial charge in [-0.3, -0.25) is 0 Å². The zero-order valence-electron chi connectivity index (χ0n) is 11.8. The van der Waals surface area contributed by atoms with Crippen LogP contribution in [0.25, 0.3) is 0 Å². The summed E-state index contributed by atoms with van der Waals surface area (Å²) >= 11 is 0. The quantitative estimate of drug-likeness (QED) is 0.910. The summed E-state index contributed by atoms with van der Waals surface area (Å²) in [4.78, 5) is 4.16. The maximum absolute atomic E-state index is 13.8. The van der Waals surface area contributed by atoms with E-state index in [1.165, 1.54) is 6.07 Å². The predicted octanol–water partition coefficient (Wildman–Crippen LogP) is 2.93. The molecule has 1 unspecified atom stereocenters. The van der Waals surface area contributed by atoms with E-state index in [-0.39, 0.29) is 24.3 Å². The lowest BCUT2D eigenvalue weighted by atomic mass is 10.1. The number of hydrogen-bond donors (Lipinski definition) is 1. The van der Waals surface area contributed by atoms with Crippen LogP contribution in [0.5, 0.6) is 5.75 Å². The highest BCUT2D eigenvalue weighted by Crippen LogP contribution is 2.22. The van der Waals surface area contributed by atoms with Crippen molar-refractivity contribution in [3.63, 3.8) is 0 Å². The average molecular weight is 279 g/mol. The number of rotatable bonds is 5. The van der Waals surface area contributed by atoms with E-state index >= 15 is 0 Å². The molecule has 2 N–H and O–H groups in total. The number of nitrogens with two attached hydrogens (primary N) is 1. The molecule has 0 radical (unpaired) electrons. The van der Waals surface area contributed by atoms with Crippen molar-refractivity contribution in [2.24, 2.45) is 5.73 Å². The summed E-state index contributed by atoms with van der Waals surface area (Å²) in [5.41, 5.74) is 6.41. The highest BCUT2D eigenvalue weighted by Gasteiger charge is 2.12. The fraction of sp³-hybridized carbons (Fsp3) is 0.429. The second-order valence-electron chi connectivity index (χ2n) is 4.97. The molecule has 6 heteroatoms. The van der Waals surface area contributed by atoms with Gasteiger partial charge in [0.1, 0.15) is 0 Å². The lowest BCUT2D eigenvalue weighted by Crippen LogP contribution is -2.06. The van der Waals surface area contributed by atoms with E-state index in [4.69, 9.17) is 15.0 Å². The SMILES string of the molecule is CC(C)c1nc(COc2ccc(C(C)N)cc2F)no1. The van der Waals surface area contributed by atoms with Crippen molar-refractivity contribution in [1.29, 1.82) is 0 Å². The molecule has 0 aliphatic heterocycles. The standard InChI is InChI=1S/C14H18FN3O2/c1-8(2)14-17-13(18-20-14)7-19-12-5-4-10(9(3)16)6-11(12)15/h4-6,8-9H,7,16H2,1-3H3. The minimum atomic E-state index is -0.452. The summed E-state index contributed by atoms with van der Waals surface area (Å²) in [6.45, 7) is 5.75. The summed E-state index contributed by atoms with van der Waals surface area (Å²) < 4.78 is 24.2. The van der Waals surface area contributed by atoms with Gasteiger partial charge in [-0.15, -0.1) is 0 Å². The van der Waals surface area contributed by atoms with Crippen LogP contribution < -0.4 is 10.5 Å². The van der Waals surface area contributed by atoms with Crippen LogP contribution in [0, 0.1) is 5.82 Å². The van der Waals surface area contributed by atoms with Crippen molar-refractivity contribution in [2.45, 2.75) is 39.3 Å². The monoisotopic (exact) mass is 279 g/mol. The summed E-state index contributed by atoms with van der Waals surface area (Å²) in [6.07, 6.45) is 0. The van der Waals surface area contributed by atoms with E-state index in [2.05, 4.69) is 10.1 Å². The number of ether oxygens (including phenoxy) is 1. The van der Waals surface area contributed by atoms with Gasteiger partial charge in [0.25, 0.3) is 0 Å². The molecule has 0 saturated carbocycles. The Bertz CT molecular complexity index is 582. The molecule has 0 aliphatic rings. The Labute approximate surface area is 116 Å². The summed E-state index contributed by atoms with van der Waals surface area (Å²) in [5, 5.41) is 3.77. The molecule has 2 rings (SSSR count). The molecule has 1 atom stereocenters. The minimum Gasteiger partial charge on any atom is -0.482 e. The van der Waals surface area contributed by atoms with Gasteiger partial charge in [-0.05, 0) is 24.6 Å². The van der Waals surface area contributed by atoms with Crippen LogP contribution in [0.4, 0.5) is 4.39 Å². The van der Waals surface area contributed by atoms with Gasteiger partial charge in [0.05, 0.1) is 0 Å². The van der Waals surface area contributed by atoms with Crippen LogP contribution >= 0.6 is 0 Å². The van der Waals surface area contributed by atoms with E-state index in [1.807, 2.05) is 13.8 Å². The van der Waals surface area contributed by atoms with Crippen LogP contribution in [0.2, 0.25) is 0 Å². The van der Waals surface area contributed by atoms with Gasteiger partial charge in [-0.2, -0.15) is 4.98 Å². The third kappa shape index (κ3) is 3.33. The van der Waals surface area contributed by atoms with Gasteiger partial charge in [-0.1, -0.05) is 25.1 Å². The highest BCUT2D eigenvalue weighted by molar-refractivity contribution is 5.30. The van der Waals surface area contributed by atoms with Gasteiger partial charge in [-0.25, -0.2) is 4.39 Å². The summed E-state index contributed by atoms with van der Waals surface area (Å²) in [5.74, 6) is 0.775. The largest absolute Gasteiger partial charge is 0.482 e.